The van der Waals surface area contributed by atoms with Crippen molar-refractivity contribution in [2.75, 3.05) is 20.8 Å². The number of rotatable bonds is 9. The van der Waals surface area contributed by atoms with Crippen molar-refractivity contribution in [3.8, 4) is 17.2 Å². The van der Waals surface area contributed by atoms with Gasteiger partial charge < -0.3 is 14.6 Å². The lowest BCUT2D eigenvalue weighted by Crippen LogP contribution is -2.42. The number of aliphatic carboxylic acids is 1. The summed E-state index contributed by atoms with van der Waals surface area (Å²) in [5.41, 5.74) is 7.22. The zero-order valence-electron chi connectivity index (χ0n) is 21.8. The van der Waals surface area contributed by atoms with Gasteiger partial charge >= 0.3 is 12.1 Å². The number of amidine groups is 1. The Bertz CT molecular complexity index is 1490. The number of alkyl halides is 3. The van der Waals surface area contributed by atoms with E-state index in [1.807, 2.05) is 6.07 Å². The molecule has 0 saturated carbocycles. The molecule has 0 unspecified atom stereocenters. The summed E-state index contributed by atoms with van der Waals surface area (Å²) >= 11 is 7.78. The van der Waals surface area contributed by atoms with Crippen LogP contribution in [-0.2, 0) is 11.0 Å². The van der Waals surface area contributed by atoms with E-state index in [1.165, 1.54) is 38.1 Å². The largest absolute Gasteiger partial charge is 0.493 e. The Morgan fingerprint density at radius 2 is 1.98 bits per heavy atom. The molecule has 2 aliphatic rings. The first-order chi connectivity index (χ1) is 19.6. The van der Waals surface area contributed by atoms with Gasteiger partial charge in [0, 0.05) is 23.6 Å². The minimum Gasteiger partial charge on any atom is -0.493 e. The van der Waals surface area contributed by atoms with E-state index in [1.54, 1.807) is 23.3 Å². The van der Waals surface area contributed by atoms with E-state index in [0.717, 1.165) is 4.57 Å². The molecule has 5 rings (SSSR count). The van der Waals surface area contributed by atoms with Crippen molar-refractivity contribution in [1.29, 1.82) is 0 Å². The molecular formula is C25H25ClF3N7O4S. The number of halogens is 4. The van der Waals surface area contributed by atoms with Crippen molar-refractivity contribution >= 4 is 35.2 Å². The number of fused-ring (bicyclic) bond motifs is 3. The van der Waals surface area contributed by atoms with Crippen LogP contribution in [0, 0.1) is 0 Å². The summed E-state index contributed by atoms with van der Waals surface area (Å²) in [6, 6.07) is 10.1. The van der Waals surface area contributed by atoms with Crippen LogP contribution in [0.1, 0.15) is 52.5 Å². The standard InChI is InChI=1S/C25H25ClF3N7O4S/c1-39-17-5-3-4-14(21(17)40-2)22-15-12-13(26)6-7-16(15)36-23(31-32-24(36)25(27,28)29)18(41-22)10-11-35-33-19(30-34-35)8-9-20(37)38/h3-7,12,18,22,34H,8-11H2,1-2H3,(H,30,33)(H,37,38)/t18-,22-/m0/s1. The fraction of sp³-hybridized carbons (Fsp3) is 0.360. The quantitative estimate of drug-likeness (QED) is 0.313. The summed E-state index contributed by atoms with van der Waals surface area (Å²) in [6.45, 7) is 0.283. The number of thioether (sulfide) groups is 1. The number of nitrogens with one attached hydrogen (secondary N) is 2. The number of aromatic nitrogens is 3. The maximum atomic E-state index is 14.2. The second-order valence-electron chi connectivity index (χ2n) is 9.11. The number of nitrogens with zero attached hydrogens (tertiary/aromatic N) is 5. The number of methoxy groups -OCH3 is 2. The third kappa shape index (κ3) is 5.87. The highest BCUT2D eigenvalue weighted by Gasteiger charge is 2.43. The molecule has 2 aromatic carbocycles. The second kappa shape index (κ2) is 11.7. The van der Waals surface area contributed by atoms with Gasteiger partial charge in [0.15, 0.2) is 17.3 Å². The number of para-hydroxylation sites is 1. The average molecular weight is 612 g/mol. The van der Waals surface area contributed by atoms with Crippen molar-refractivity contribution < 1.29 is 32.5 Å². The number of benzene rings is 2. The summed E-state index contributed by atoms with van der Waals surface area (Å²) in [5, 5.41) is 21.4. The number of hydrogen-bond acceptors (Lipinski definition) is 10. The number of hydrazine groups is 2. The topological polar surface area (TPSA) is 126 Å². The number of carboxylic acids is 1. The zero-order valence-corrected chi connectivity index (χ0v) is 23.3. The Balaban J connectivity index is 1.56. The van der Waals surface area contributed by atoms with Crippen LogP contribution in [0.4, 0.5) is 13.2 Å². The van der Waals surface area contributed by atoms with E-state index in [2.05, 4.69) is 26.3 Å². The van der Waals surface area contributed by atoms with Crippen LogP contribution in [0.5, 0.6) is 11.5 Å². The molecule has 0 amide bonds. The van der Waals surface area contributed by atoms with Gasteiger partial charge in [-0.1, -0.05) is 23.7 Å². The molecule has 2 atom stereocenters. The first-order valence-electron chi connectivity index (χ1n) is 12.4. The molecule has 0 bridgehead atoms. The number of hydrazone groups is 1. The number of carbonyl (C=O) groups is 1. The van der Waals surface area contributed by atoms with Crippen molar-refractivity contribution in [3.05, 3.63) is 64.2 Å². The van der Waals surface area contributed by atoms with Gasteiger partial charge in [0.2, 0.25) is 5.82 Å². The molecule has 3 aromatic rings. The fourth-order valence-electron chi connectivity index (χ4n) is 4.74. The van der Waals surface area contributed by atoms with E-state index in [4.69, 9.17) is 26.2 Å². The molecule has 16 heteroatoms. The van der Waals surface area contributed by atoms with Crippen molar-refractivity contribution in [2.45, 2.75) is 35.9 Å². The summed E-state index contributed by atoms with van der Waals surface area (Å²) < 4.78 is 54.9. The predicted molar refractivity (Wildman–Crippen MR) is 145 cm³/mol. The number of hydrogen-bond donors (Lipinski definition) is 3. The van der Waals surface area contributed by atoms with E-state index in [0.29, 0.717) is 39.9 Å². The molecule has 0 aliphatic carbocycles. The molecule has 0 fully saturated rings. The molecule has 218 valence electrons. The number of ether oxygens (including phenoxy) is 2. The highest BCUT2D eigenvalue weighted by molar-refractivity contribution is 8.00. The highest BCUT2D eigenvalue weighted by Crippen LogP contribution is 2.54. The van der Waals surface area contributed by atoms with Crippen molar-refractivity contribution in [2.24, 2.45) is 5.10 Å². The van der Waals surface area contributed by atoms with Gasteiger partial charge in [-0.3, -0.25) is 14.8 Å². The van der Waals surface area contributed by atoms with E-state index in [9.17, 15) is 18.0 Å². The molecule has 2 aliphatic heterocycles. The monoisotopic (exact) mass is 611 g/mol. The van der Waals surface area contributed by atoms with Crippen molar-refractivity contribution in [1.82, 2.24) is 30.8 Å². The minimum absolute atomic E-state index is 0.103. The summed E-state index contributed by atoms with van der Waals surface area (Å²) in [6.07, 6.45) is -4.37. The lowest BCUT2D eigenvalue weighted by Gasteiger charge is -2.25. The summed E-state index contributed by atoms with van der Waals surface area (Å²) in [7, 11) is 3.01. The minimum atomic E-state index is -4.77. The first kappa shape index (κ1) is 28.8. The maximum Gasteiger partial charge on any atom is 0.452 e. The lowest BCUT2D eigenvalue weighted by atomic mass is 10.0. The lowest BCUT2D eigenvalue weighted by molar-refractivity contribution is -0.146. The molecule has 3 heterocycles. The molecule has 0 saturated heterocycles. The third-order valence-electron chi connectivity index (χ3n) is 6.52. The molecule has 1 aromatic heterocycles. The maximum absolute atomic E-state index is 14.2. The van der Waals surface area contributed by atoms with E-state index >= 15 is 0 Å². The zero-order chi connectivity index (χ0) is 29.3. The van der Waals surface area contributed by atoms with Crippen molar-refractivity contribution in [3.63, 3.8) is 0 Å². The van der Waals surface area contributed by atoms with Gasteiger partial charge in [0.25, 0.3) is 0 Å². The Kier molecular flexibility index (Phi) is 8.20. The molecule has 3 N–H and O–H groups in total. The van der Waals surface area contributed by atoms with Crippen LogP contribution in [0.2, 0.25) is 5.02 Å². The van der Waals surface area contributed by atoms with Gasteiger partial charge in [-0.25, -0.2) is 5.53 Å². The van der Waals surface area contributed by atoms with Crippen LogP contribution in [0.25, 0.3) is 5.69 Å². The second-order valence-corrected chi connectivity index (χ2v) is 10.9. The van der Waals surface area contributed by atoms with Gasteiger partial charge in [-0.2, -0.15) is 13.2 Å². The van der Waals surface area contributed by atoms with Crippen LogP contribution < -0.4 is 20.4 Å². The summed E-state index contributed by atoms with van der Waals surface area (Å²) in [5.74, 6) is -0.615. The van der Waals surface area contributed by atoms with E-state index in [-0.39, 0.29) is 30.9 Å². The van der Waals surface area contributed by atoms with Gasteiger partial charge in [0.1, 0.15) is 5.84 Å². The first-order valence-corrected chi connectivity index (χ1v) is 13.7. The van der Waals surface area contributed by atoms with Gasteiger partial charge in [-0.05, 0) is 36.2 Å². The van der Waals surface area contributed by atoms with Crippen LogP contribution in [0.15, 0.2) is 41.5 Å². The van der Waals surface area contributed by atoms with Gasteiger partial charge in [-0.15, -0.1) is 32.2 Å². The Morgan fingerprint density at radius 1 is 1.17 bits per heavy atom. The van der Waals surface area contributed by atoms with Crippen LogP contribution in [-0.4, -0.2) is 57.6 Å². The van der Waals surface area contributed by atoms with E-state index < -0.39 is 28.5 Å². The molecule has 41 heavy (non-hydrogen) atoms. The normalized spacial score (nSPS) is 18.4. The Morgan fingerprint density at radius 3 is 2.68 bits per heavy atom. The average Bonchev–Trinajstić information content (AvgIpc) is 3.56. The molecule has 0 radical (unpaired) electrons. The Labute approximate surface area is 241 Å². The third-order valence-corrected chi connectivity index (χ3v) is 8.31. The SMILES string of the molecule is COc1cccc([C@@H]2S[C@@H](CCN3NN=C(CCC(=O)O)N3)c3nnc(C(F)(F)F)n3-c3ccc(Cl)cc32)c1OC. The number of carboxylic acid groups (broad SMARTS) is 1. The van der Waals surface area contributed by atoms with Crippen LogP contribution >= 0.6 is 23.4 Å². The fourth-order valence-corrected chi connectivity index (χ4v) is 6.43. The predicted octanol–water partition coefficient (Wildman–Crippen LogP) is 4.73. The molecular weight excluding hydrogens is 587 g/mol. The molecule has 11 nitrogen and oxygen atoms in total. The Hall–Kier alpha value is -3.69. The molecule has 0 spiro atoms. The highest BCUT2D eigenvalue weighted by atomic mass is 35.5. The summed E-state index contributed by atoms with van der Waals surface area (Å²) in [4.78, 5) is 10.9. The van der Waals surface area contributed by atoms with Crippen LogP contribution in [0.3, 0.4) is 0 Å². The smallest absolute Gasteiger partial charge is 0.452 e. The van der Waals surface area contributed by atoms with Gasteiger partial charge in [0.05, 0.1) is 36.8 Å².